The zero-order chi connectivity index (χ0) is 42.5. The van der Waals surface area contributed by atoms with Gasteiger partial charge in [0.25, 0.3) is 5.91 Å². The van der Waals surface area contributed by atoms with E-state index in [0.717, 1.165) is 17.0 Å². The van der Waals surface area contributed by atoms with Crippen LogP contribution in [0.15, 0.2) is 36.5 Å². The Morgan fingerprint density at radius 1 is 1.17 bits per heavy atom. The molecule has 3 N–H and O–H groups in total. The molecule has 318 valence electrons. The monoisotopic (exact) mass is 843 g/mol. The van der Waals surface area contributed by atoms with Crippen LogP contribution in [0, 0.1) is 23.6 Å². The van der Waals surface area contributed by atoms with Crippen molar-refractivity contribution < 1.29 is 64.1 Å². The Bertz CT molecular complexity index is 2100. The number of hydrogen-bond donors (Lipinski definition) is 3. The van der Waals surface area contributed by atoms with E-state index >= 15 is 0 Å². The fraction of sp³-hybridized carbons (Fsp3) is 0.605. The lowest BCUT2D eigenvalue weighted by molar-refractivity contribution is -0.184. The highest BCUT2D eigenvalue weighted by Crippen LogP contribution is 2.48. The molecule has 58 heavy (non-hydrogen) atoms. The lowest BCUT2D eigenvalue weighted by Crippen LogP contribution is -2.62. The number of aromatic nitrogens is 1. The molecule has 4 amide bonds. The number of methoxy groups -OCH3 is 1. The van der Waals surface area contributed by atoms with Crippen molar-refractivity contribution in [1.29, 1.82) is 0 Å². The fourth-order valence-electron chi connectivity index (χ4n) is 8.22. The lowest BCUT2D eigenvalue weighted by atomic mass is 9.86. The van der Waals surface area contributed by atoms with Gasteiger partial charge in [0.1, 0.15) is 52.8 Å². The van der Waals surface area contributed by atoms with Crippen LogP contribution in [0.25, 0.3) is 10.8 Å². The summed E-state index contributed by atoms with van der Waals surface area (Å²) in [6, 6.07) is -2.39. The molecule has 2 aliphatic carbocycles. The molecule has 0 unspecified atom stereocenters. The van der Waals surface area contributed by atoms with Crippen LogP contribution >= 0.6 is 0 Å². The van der Waals surface area contributed by atoms with E-state index in [1.807, 2.05) is 4.72 Å². The van der Waals surface area contributed by atoms with Crippen LogP contribution in [0.4, 0.5) is 26.7 Å². The number of nitrogens with one attached hydrogen (secondary N) is 2. The van der Waals surface area contributed by atoms with Crippen LogP contribution in [0.5, 0.6) is 11.6 Å². The maximum Gasteiger partial charge on any atom is 0.408 e. The summed E-state index contributed by atoms with van der Waals surface area (Å²) in [5.41, 5.74) is -1.87. The Morgan fingerprint density at radius 2 is 1.88 bits per heavy atom. The normalized spacial score (nSPS) is 29.2. The predicted molar refractivity (Wildman–Crippen MR) is 197 cm³/mol. The molecule has 20 heteroatoms. The fourth-order valence-corrected chi connectivity index (χ4v) is 9.64. The summed E-state index contributed by atoms with van der Waals surface area (Å²) in [6.45, 7) is 2.16. The first-order valence-corrected chi connectivity index (χ1v) is 20.5. The molecule has 14 nitrogen and oxygen atoms in total. The average Bonchev–Trinajstić information content (AvgIpc) is 4.05. The van der Waals surface area contributed by atoms with Crippen molar-refractivity contribution in [3.05, 3.63) is 42.4 Å². The van der Waals surface area contributed by atoms with Gasteiger partial charge in [0, 0.05) is 30.0 Å². The van der Waals surface area contributed by atoms with Crippen molar-refractivity contribution in [2.24, 2.45) is 17.8 Å². The third-order valence-corrected chi connectivity index (χ3v) is 14.0. The van der Waals surface area contributed by atoms with Crippen molar-refractivity contribution in [3.8, 4) is 11.6 Å². The van der Waals surface area contributed by atoms with Gasteiger partial charge >= 0.3 is 12.3 Å². The van der Waals surface area contributed by atoms with E-state index in [2.05, 4.69) is 10.3 Å². The molecule has 3 fully saturated rings. The van der Waals surface area contributed by atoms with E-state index in [-0.39, 0.29) is 59.9 Å². The second-order valence-corrected chi connectivity index (χ2v) is 18.1. The Kier molecular flexibility index (Phi) is 11.7. The van der Waals surface area contributed by atoms with E-state index in [4.69, 9.17) is 9.47 Å². The summed E-state index contributed by atoms with van der Waals surface area (Å²) in [5.74, 6) is -5.94. The summed E-state index contributed by atoms with van der Waals surface area (Å²) in [4.78, 5) is 61.0. The highest BCUT2D eigenvalue weighted by molar-refractivity contribution is 7.91. The number of alkyl halides is 4. The molecule has 2 aromatic rings. The topological polar surface area (TPSA) is 185 Å². The molecule has 1 aromatic heterocycles. The second kappa shape index (κ2) is 15.8. The van der Waals surface area contributed by atoms with Gasteiger partial charge in [-0.1, -0.05) is 26.0 Å². The van der Waals surface area contributed by atoms with Crippen LogP contribution in [0.2, 0.25) is 0 Å². The van der Waals surface area contributed by atoms with Crippen LogP contribution < -0.4 is 19.5 Å². The van der Waals surface area contributed by atoms with Gasteiger partial charge < -0.3 is 24.8 Å². The number of fused-ring (bicyclic) bond motifs is 3. The van der Waals surface area contributed by atoms with Gasteiger partial charge in [-0.25, -0.2) is 27.0 Å². The first kappa shape index (κ1) is 42.8. The third kappa shape index (κ3) is 8.12. The van der Waals surface area contributed by atoms with Gasteiger partial charge in [-0.15, -0.1) is 0 Å². The molecule has 6 rings (SSSR count). The quantitative estimate of drug-likeness (QED) is 0.233. The van der Waals surface area contributed by atoms with E-state index in [0.29, 0.717) is 25.2 Å². The molecular formula is C38H46F5N5O9S. The van der Waals surface area contributed by atoms with Gasteiger partial charge in [-0.2, -0.15) is 13.2 Å². The van der Waals surface area contributed by atoms with Crippen molar-refractivity contribution in [2.45, 2.75) is 106 Å². The van der Waals surface area contributed by atoms with Gasteiger partial charge in [-0.3, -0.25) is 24.0 Å². The van der Waals surface area contributed by atoms with Crippen LogP contribution in [0.3, 0.4) is 0 Å². The number of ether oxygens (including phenoxy) is 2. The Labute approximate surface area is 331 Å². The Balaban J connectivity index is 1.42. The number of nitrogens with zero attached hydrogens (tertiary/aromatic N) is 3. The summed E-state index contributed by atoms with van der Waals surface area (Å²) in [5, 5.41) is 13.4. The number of rotatable bonds is 9. The molecule has 0 spiro atoms. The molecule has 1 aromatic carbocycles. The number of carboxylic acid groups (broad SMARTS) is 1. The predicted octanol–water partition coefficient (Wildman–Crippen LogP) is 4.87. The summed E-state index contributed by atoms with van der Waals surface area (Å²) >= 11 is 0. The van der Waals surface area contributed by atoms with E-state index in [9.17, 15) is 54.7 Å². The number of carbonyl (C=O) groups excluding carboxylic acids is 3. The lowest BCUT2D eigenvalue weighted by Gasteiger charge is -2.40. The number of pyridine rings is 1. The van der Waals surface area contributed by atoms with Gasteiger partial charge in [0.2, 0.25) is 27.7 Å². The Morgan fingerprint density at radius 3 is 2.50 bits per heavy atom. The molecule has 0 radical (unpaired) electrons. The largest absolute Gasteiger partial charge is 0.496 e. The highest BCUT2D eigenvalue weighted by Gasteiger charge is 2.64. The van der Waals surface area contributed by atoms with E-state index in [1.165, 1.54) is 26.3 Å². The molecule has 8 atom stereocenters. The van der Waals surface area contributed by atoms with Gasteiger partial charge in [-0.05, 0) is 69.4 Å². The Hall–Kier alpha value is -4.75. The third-order valence-electron chi connectivity index (χ3n) is 11.9. The first-order chi connectivity index (χ1) is 27.2. The number of amides is 4. The minimum absolute atomic E-state index is 0.0155. The van der Waals surface area contributed by atoms with Crippen LogP contribution in [-0.4, -0.2) is 113 Å². The molecule has 2 aliphatic heterocycles. The minimum atomic E-state index is -5.09. The maximum absolute atomic E-state index is 14.8. The molecular weight excluding hydrogens is 798 g/mol. The highest BCUT2D eigenvalue weighted by atomic mass is 32.2. The van der Waals surface area contributed by atoms with Crippen molar-refractivity contribution in [3.63, 3.8) is 0 Å². The van der Waals surface area contributed by atoms with Crippen molar-refractivity contribution in [1.82, 2.24) is 24.8 Å². The van der Waals surface area contributed by atoms with Gasteiger partial charge in [0.15, 0.2) is 0 Å². The second-order valence-electron chi connectivity index (χ2n) is 16.0. The molecule has 4 aliphatic rings. The molecule has 3 heterocycles. The zero-order valence-corrected chi connectivity index (χ0v) is 33.0. The average molecular weight is 844 g/mol. The van der Waals surface area contributed by atoms with E-state index < -0.39 is 105 Å². The molecule has 1 saturated heterocycles. The summed E-state index contributed by atoms with van der Waals surface area (Å²) < 4.78 is 109. The van der Waals surface area contributed by atoms with Crippen molar-refractivity contribution in [2.75, 3.05) is 20.3 Å². The number of allylic oxidation sites excluding steroid dienone is 1. The SMILES string of the molecule is COc1cc(F)cc2c(O[C@@H]3C[C@H]4C(=O)N[C@]5(C(=O)NS(=O)(=O)C6(CF)CC6)C[C@H]5C=CCC[C@@H](C)C[C@@H](C)[C@H](N(C(=O)O)[C@H](C)C(F)(F)F)C(=O)N4C3)nccc12. The van der Waals surface area contributed by atoms with Crippen LogP contribution in [-0.2, 0) is 24.4 Å². The standard InChI is InChI=1S/C38H46F5N5O9S/c1-20-7-5-6-8-23-17-37(23,34(51)46-58(54,55)36(19-39)10-11-36)45-31(49)28-16-25(57-32-27-14-24(40)15-29(56-4)26(27)9-12-44-32)18-47(28)33(50)30(21(2)13-20)48(35(52)53)22(3)38(41,42)43/h6,8-9,12,14-15,20-23,25,28,30H,5,7,10-11,13,16-19H2,1-4H3,(H,45,49)(H,46,51)(H,52,53)/t20-,21-,22-,23-,25-,28+,30+,37-/m1/s1. The smallest absolute Gasteiger partial charge is 0.408 e. The summed E-state index contributed by atoms with van der Waals surface area (Å²) in [6.07, 6.45) is -3.04. The molecule has 2 saturated carbocycles. The number of hydrogen-bond acceptors (Lipinski definition) is 9. The van der Waals surface area contributed by atoms with Gasteiger partial charge in [0.05, 0.1) is 19.0 Å². The number of sulfonamides is 1. The van der Waals surface area contributed by atoms with Crippen molar-refractivity contribution >= 4 is 44.6 Å². The van der Waals surface area contributed by atoms with Crippen LogP contribution in [0.1, 0.15) is 65.7 Å². The first-order valence-electron chi connectivity index (χ1n) is 19.0. The van der Waals surface area contributed by atoms with E-state index in [1.54, 1.807) is 19.1 Å². The molecule has 0 bridgehead atoms. The minimum Gasteiger partial charge on any atom is -0.496 e. The number of carbonyl (C=O) groups is 4. The number of halogens is 5. The maximum atomic E-state index is 14.8. The summed E-state index contributed by atoms with van der Waals surface area (Å²) in [7, 11) is -3.20. The zero-order valence-electron chi connectivity index (χ0n) is 32.2. The number of benzene rings is 1.